The first-order valence-electron chi connectivity index (χ1n) is 6.29. The molecule has 0 aliphatic heterocycles. The lowest BCUT2D eigenvalue weighted by atomic mass is 10.1. The van der Waals surface area contributed by atoms with Crippen molar-refractivity contribution in [2.75, 3.05) is 18.5 Å². The summed E-state index contributed by atoms with van der Waals surface area (Å²) in [7, 11) is 1.93. The highest BCUT2D eigenvalue weighted by molar-refractivity contribution is 5.93. The number of fused-ring (bicyclic) bond motifs is 1. The number of hydrogen-bond acceptors (Lipinski definition) is 3. The van der Waals surface area contributed by atoms with Gasteiger partial charge in [-0.3, -0.25) is 9.78 Å². The molecule has 4 nitrogen and oxygen atoms in total. The summed E-state index contributed by atoms with van der Waals surface area (Å²) >= 11 is 0. The van der Waals surface area contributed by atoms with Crippen molar-refractivity contribution < 1.29 is 9.90 Å². The van der Waals surface area contributed by atoms with E-state index in [1.54, 1.807) is 0 Å². The molecule has 1 aromatic heterocycles. The van der Waals surface area contributed by atoms with E-state index in [2.05, 4.69) is 4.98 Å². The number of para-hydroxylation sites is 1. The minimum absolute atomic E-state index is 0.131. The minimum Gasteiger partial charge on any atom is -0.481 e. The summed E-state index contributed by atoms with van der Waals surface area (Å²) in [6, 6.07) is 7.95. The van der Waals surface area contributed by atoms with Crippen molar-refractivity contribution in [3.05, 3.63) is 35.5 Å². The molecule has 0 fully saturated rings. The number of aliphatic carboxylic acids is 1. The normalized spacial score (nSPS) is 10.7. The standard InChI is InChI=1S/C15H18N2O2/c1-10-11(2)16-13-7-5-4-6-12(13)15(10)17(3)9-8-14(18)19/h4-7H,8-9H2,1-3H3,(H,18,19). The second-order valence-corrected chi connectivity index (χ2v) is 4.75. The number of nitrogens with zero attached hydrogens (tertiary/aromatic N) is 2. The summed E-state index contributed by atoms with van der Waals surface area (Å²) in [6.07, 6.45) is 0.131. The summed E-state index contributed by atoms with van der Waals surface area (Å²) < 4.78 is 0. The lowest BCUT2D eigenvalue weighted by Crippen LogP contribution is -2.22. The third-order valence-electron chi connectivity index (χ3n) is 3.39. The number of pyridine rings is 1. The van der Waals surface area contributed by atoms with Crippen molar-refractivity contribution in [1.29, 1.82) is 0 Å². The maximum Gasteiger partial charge on any atom is 0.305 e. The van der Waals surface area contributed by atoms with Crippen LogP contribution in [0.15, 0.2) is 24.3 Å². The predicted molar refractivity (Wildman–Crippen MR) is 76.7 cm³/mol. The number of carboxylic acid groups (broad SMARTS) is 1. The van der Waals surface area contributed by atoms with Crippen LogP contribution < -0.4 is 4.90 Å². The van der Waals surface area contributed by atoms with Crippen molar-refractivity contribution in [3.63, 3.8) is 0 Å². The van der Waals surface area contributed by atoms with Crippen LogP contribution in [-0.4, -0.2) is 29.7 Å². The van der Waals surface area contributed by atoms with Gasteiger partial charge in [0.05, 0.1) is 17.6 Å². The van der Waals surface area contributed by atoms with Crippen LogP contribution >= 0.6 is 0 Å². The van der Waals surface area contributed by atoms with Gasteiger partial charge in [0.15, 0.2) is 0 Å². The number of anilines is 1. The van der Waals surface area contributed by atoms with Crippen LogP contribution in [-0.2, 0) is 4.79 Å². The average Bonchev–Trinajstić information content (AvgIpc) is 2.37. The van der Waals surface area contributed by atoms with Gasteiger partial charge in [-0.1, -0.05) is 18.2 Å². The molecular formula is C15H18N2O2. The monoisotopic (exact) mass is 258 g/mol. The molecule has 0 aliphatic carbocycles. The second-order valence-electron chi connectivity index (χ2n) is 4.75. The van der Waals surface area contributed by atoms with E-state index in [1.165, 1.54) is 0 Å². The van der Waals surface area contributed by atoms with Crippen LogP contribution in [0.4, 0.5) is 5.69 Å². The molecule has 1 aromatic carbocycles. The summed E-state index contributed by atoms with van der Waals surface area (Å²) in [5, 5.41) is 9.88. The first kappa shape index (κ1) is 13.3. The highest BCUT2D eigenvalue weighted by atomic mass is 16.4. The summed E-state index contributed by atoms with van der Waals surface area (Å²) in [6.45, 7) is 4.50. The molecule has 0 bridgehead atoms. The Kier molecular flexibility index (Phi) is 3.69. The highest BCUT2D eigenvalue weighted by Crippen LogP contribution is 2.30. The molecule has 2 aromatic rings. The van der Waals surface area contributed by atoms with Crippen molar-refractivity contribution in [1.82, 2.24) is 4.98 Å². The SMILES string of the molecule is Cc1nc2ccccc2c(N(C)CCC(=O)O)c1C. The summed E-state index contributed by atoms with van der Waals surface area (Å²) in [5.74, 6) is -0.778. The first-order chi connectivity index (χ1) is 9.00. The minimum atomic E-state index is -0.778. The molecule has 4 heteroatoms. The second kappa shape index (κ2) is 5.26. The Hall–Kier alpha value is -2.10. The van der Waals surface area contributed by atoms with Gasteiger partial charge < -0.3 is 10.0 Å². The predicted octanol–water partition coefficient (Wildman–Crippen LogP) is 2.76. The van der Waals surface area contributed by atoms with Crippen LogP contribution in [0.5, 0.6) is 0 Å². The van der Waals surface area contributed by atoms with E-state index in [9.17, 15) is 4.79 Å². The average molecular weight is 258 g/mol. The molecule has 0 spiro atoms. The molecular weight excluding hydrogens is 240 g/mol. The maximum atomic E-state index is 10.7. The number of aromatic nitrogens is 1. The van der Waals surface area contributed by atoms with Gasteiger partial charge in [0.25, 0.3) is 0 Å². The zero-order chi connectivity index (χ0) is 14.0. The zero-order valence-corrected chi connectivity index (χ0v) is 11.5. The summed E-state index contributed by atoms with van der Waals surface area (Å²) in [4.78, 5) is 17.3. The largest absolute Gasteiger partial charge is 0.481 e. The smallest absolute Gasteiger partial charge is 0.305 e. The molecule has 1 N–H and O–H groups in total. The zero-order valence-electron chi connectivity index (χ0n) is 11.5. The lowest BCUT2D eigenvalue weighted by Gasteiger charge is -2.23. The van der Waals surface area contributed by atoms with Gasteiger partial charge in [0.2, 0.25) is 0 Å². The lowest BCUT2D eigenvalue weighted by molar-refractivity contribution is -0.136. The van der Waals surface area contributed by atoms with E-state index in [-0.39, 0.29) is 6.42 Å². The number of aryl methyl sites for hydroxylation is 1. The fourth-order valence-corrected chi connectivity index (χ4v) is 2.28. The van der Waals surface area contributed by atoms with Gasteiger partial charge >= 0.3 is 5.97 Å². The van der Waals surface area contributed by atoms with Crippen LogP contribution in [0, 0.1) is 13.8 Å². The molecule has 19 heavy (non-hydrogen) atoms. The van der Waals surface area contributed by atoms with E-state index >= 15 is 0 Å². The quantitative estimate of drug-likeness (QED) is 0.916. The molecule has 1 heterocycles. The molecule has 0 radical (unpaired) electrons. The van der Waals surface area contributed by atoms with Crippen molar-refractivity contribution in [2.24, 2.45) is 0 Å². The number of carbonyl (C=O) groups is 1. The maximum absolute atomic E-state index is 10.7. The Labute approximate surface area is 112 Å². The van der Waals surface area contributed by atoms with Gasteiger partial charge in [-0.25, -0.2) is 0 Å². The van der Waals surface area contributed by atoms with Crippen LogP contribution in [0.3, 0.4) is 0 Å². The van der Waals surface area contributed by atoms with E-state index < -0.39 is 5.97 Å². The number of rotatable bonds is 4. The molecule has 0 atom stereocenters. The van der Waals surface area contributed by atoms with Crippen molar-refractivity contribution >= 4 is 22.6 Å². The van der Waals surface area contributed by atoms with E-state index in [4.69, 9.17) is 5.11 Å². The van der Waals surface area contributed by atoms with Gasteiger partial charge in [-0.15, -0.1) is 0 Å². The van der Waals surface area contributed by atoms with E-state index in [0.29, 0.717) is 6.54 Å². The summed E-state index contributed by atoms with van der Waals surface area (Å²) in [5.41, 5.74) is 4.11. The van der Waals surface area contributed by atoms with Gasteiger partial charge in [0.1, 0.15) is 0 Å². The Bertz CT molecular complexity index is 623. The fourth-order valence-electron chi connectivity index (χ4n) is 2.28. The van der Waals surface area contributed by atoms with Gasteiger partial charge in [-0.05, 0) is 25.5 Å². The third-order valence-corrected chi connectivity index (χ3v) is 3.39. The molecule has 0 saturated heterocycles. The Morgan fingerprint density at radius 1 is 1.32 bits per heavy atom. The van der Waals surface area contributed by atoms with Crippen LogP contribution in [0.2, 0.25) is 0 Å². The van der Waals surface area contributed by atoms with Crippen LogP contribution in [0.25, 0.3) is 10.9 Å². The highest BCUT2D eigenvalue weighted by Gasteiger charge is 2.13. The third kappa shape index (κ3) is 2.67. The number of hydrogen-bond donors (Lipinski definition) is 1. The molecule has 0 saturated carbocycles. The Balaban J connectivity index is 2.51. The van der Waals surface area contributed by atoms with Crippen molar-refractivity contribution in [3.8, 4) is 0 Å². The molecule has 0 amide bonds. The van der Waals surface area contributed by atoms with Crippen molar-refractivity contribution in [2.45, 2.75) is 20.3 Å². The Morgan fingerprint density at radius 3 is 2.68 bits per heavy atom. The van der Waals surface area contributed by atoms with Crippen LogP contribution in [0.1, 0.15) is 17.7 Å². The number of benzene rings is 1. The Morgan fingerprint density at radius 2 is 2.00 bits per heavy atom. The van der Waals surface area contributed by atoms with Gasteiger partial charge in [-0.2, -0.15) is 0 Å². The van der Waals surface area contributed by atoms with E-state index in [1.807, 2.05) is 50.1 Å². The fraction of sp³-hybridized carbons (Fsp3) is 0.333. The molecule has 0 aliphatic rings. The molecule has 0 unspecified atom stereocenters. The molecule has 100 valence electrons. The first-order valence-corrected chi connectivity index (χ1v) is 6.29. The van der Waals surface area contributed by atoms with Gasteiger partial charge in [0, 0.05) is 24.7 Å². The number of carboxylic acids is 1. The molecule has 2 rings (SSSR count). The topological polar surface area (TPSA) is 53.4 Å². The van der Waals surface area contributed by atoms with E-state index in [0.717, 1.165) is 27.8 Å².